The Balaban J connectivity index is 0.00000289. The second-order valence-corrected chi connectivity index (χ2v) is 7.61. The Morgan fingerprint density at radius 2 is 1.68 bits per heavy atom. The number of benzene rings is 2. The third-order valence-corrected chi connectivity index (χ3v) is 4.99. The van der Waals surface area contributed by atoms with Gasteiger partial charge in [-0.15, -0.1) is 0 Å². The van der Waals surface area contributed by atoms with Gasteiger partial charge in [0.15, 0.2) is 0 Å². The first-order valence-corrected chi connectivity index (χ1v) is 10.0. The quantitative estimate of drug-likeness (QED) is 0.330. The summed E-state index contributed by atoms with van der Waals surface area (Å²) in [5, 5.41) is 28.0. The zero-order valence-corrected chi connectivity index (χ0v) is 23.8. The van der Waals surface area contributed by atoms with Crippen LogP contribution in [0.3, 0.4) is 0 Å². The standard InChI is InChI=1S/C24H25N3O5.2Na/c1-15-5-3-6-16(11-15)12-17-7-4-8-18(13-17)19(14-21(29)30)25-24(32)26-22-20(28)9-10-27(2)23(22)31;;/h3-11,13,19,28H,12,14H2,1-2H3,(H,29,30)(H2,25,26,32);;/q;2*+1/p-2/t19-;;/m0../s1. The van der Waals surface area contributed by atoms with E-state index in [1.807, 2.05) is 37.3 Å². The maximum absolute atomic E-state index is 12.5. The first-order valence-electron chi connectivity index (χ1n) is 10.0. The van der Waals surface area contributed by atoms with Crippen molar-refractivity contribution < 1.29 is 78.9 Å². The van der Waals surface area contributed by atoms with E-state index < -0.39 is 41.5 Å². The number of aryl methyl sites for hydroxylation is 2. The fourth-order valence-electron chi connectivity index (χ4n) is 3.43. The van der Waals surface area contributed by atoms with E-state index in [0.29, 0.717) is 12.0 Å². The fourth-order valence-corrected chi connectivity index (χ4v) is 3.43. The number of amides is 2. The topological polar surface area (TPSA) is 126 Å². The van der Waals surface area contributed by atoms with Gasteiger partial charge in [0.05, 0.1) is 6.04 Å². The van der Waals surface area contributed by atoms with E-state index in [1.54, 1.807) is 12.1 Å². The number of nitrogens with one attached hydrogen (secondary N) is 2. The molecule has 0 fully saturated rings. The molecule has 0 saturated heterocycles. The molecule has 0 radical (unpaired) electrons. The van der Waals surface area contributed by atoms with Gasteiger partial charge in [-0.2, -0.15) is 0 Å². The normalized spacial score (nSPS) is 10.9. The molecule has 2 aromatic carbocycles. The molecule has 0 saturated carbocycles. The van der Waals surface area contributed by atoms with Gasteiger partial charge >= 0.3 is 65.1 Å². The number of nitrogens with zero attached hydrogens (tertiary/aromatic N) is 1. The van der Waals surface area contributed by atoms with Crippen LogP contribution in [0.15, 0.2) is 65.6 Å². The number of hydrogen-bond donors (Lipinski definition) is 2. The van der Waals surface area contributed by atoms with Crippen LogP contribution in [0.2, 0.25) is 0 Å². The zero-order valence-electron chi connectivity index (χ0n) is 19.8. The number of rotatable bonds is 7. The molecular formula is C24H23N3Na2O5. The molecule has 0 spiro atoms. The second kappa shape index (κ2) is 13.7. The molecule has 10 heteroatoms. The fraction of sp³-hybridized carbons (Fsp3) is 0.208. The molecule has 166 valence electrons. The predicted octanol–water partition coefficient (Wildman–Crippen LogP) is -4.63. The van der Waals surface area contributed by atoms with Crippen molar-refractivity contribution in [3.8, 4) is 5.75 Å². The van der Waals surface area contributed by atoms with Crippen molar-refractivity contribution in [2.45, 2.75) is 25.8 Å². The van der Waals surface area contributed by atoms with Crippen molar-refractivity contribution in [3.63, 3.8) is 0 Å². The molecule has 2 amide bonds. The molecule has 1 heterocycles. The van der Waals surface area contributed by atoms with Gasteiger partial charge in [-0.05, 0) is 30.0 Å². The van der Waals surface area contributed by atoms with E-state index >= 15 is 0 Å². The first-order chi connectivity index (χ1) is 15.2. The molecule has 2 N–H and O–H groups in total. The number of pyridine rings is 1. The van der Waals surface area contributed by atoms with Gasteiger partial charge in [-0.1, -0.05) is 65.9 Å². The van der Waals surface area contributed by atoms with Crippen LogP contribution >= 0.6 is 0 Å². The van der Waals surface area contributed by atoms with Crippen LogP contribution in [0.4, 0.5) is 10.5 Å². The summed E-state index contributed by atoms with van der Waals surface area (Å²) in [4.78, 5) is 35.9. The molecule has 3 rings (SSSR count). The van der Waals surface area contributed by atoms with Crippen LogP contribution in [-0.2, 0) is 18.3 Å². The van der Waals surface area contributed by atoms with Crippen molar-refractivity contribution in [1.82, 2.24) is 9.88 Å². The summed E-state index contributed by atoms with van der Waals surface area (Å²) in [6.07, 6.45) is 1.46. The number of hydrogen-bond acceptors (Lipinski definition) is 5. The third kappa shape index (κ3) is 8.30. The largest absolute Gasteiger partial charge is 1.00 e. The van der Waals surface area contributed by atoms with Crippen molar-refractivity contribution in [2.75, 3.05) is 5.32 Å². The summed E-state index contributed by atoms with van der Waals surface area (Å²) in [5.74, 6) is -1.99. The average Bonchev–Trinajstić information content (AvgIpc) is 2.73. The van der Waals surface area contributed by atoms with Gasteiger partial charge in [0.1, 0.15) is 5.69 Å². The maximum atomic E-state index is 12.5. The summed E-state index contributed by atoms with van der Waals surface area (Å²) in [6, 6.07) is 14.6. The number of carboxylic acids is 1. The zero-order chi connectivity index (χ0) is 23.3. The smallest absolute Gasteiger partial charge is 0.871 e. The first kappa shape index (κ1) is 30.0. The maximum Gasteiger partial charge on any atom is 1.00 e. The molecule has 3 aromatic rings. The van der Waals surface area contributed by atoms with Crippen LogP contribution < -0.4 is 85.5 Å². The monoisotopic (exact) mass is 479 g/mol. The molecule has 8 nitrogen and oxygen atoms in total. The summed E-state index contributed by atoms with van der Waals surface area (Å²) >= 11 is 0. The number of aromatic nitrogens is 1. The van der Waals surface area contributed by atoms with E-state index in [9.17, 15) is 24.6 Å². The summed E-state index contributed by atoms with van der Waals surface area (Å²) in [5.41, 5.74) is 2.68. The van der Waals surface area contributed by atoms with Crippen LogP contribution in [0.25, 0.3) is 0 Å². The van der Waals surface area contributed by atoms with Crippen LogP contribution in [0, 0.1) is 6.92 Å². The van der Waals surface area contributed by atoms with E-state index in [2.05, 4.69) is 16.7 Å². The Morgan fingerprint density at radius 1 is 1.03 bits per heavy atom. The number of carbonyl (C=O) groups excluding carboxylic acids is 2. The molecule has 0 aliphatic heterocycles. The molecule has 34 heavy (non-hydrogen) atoms. The number of aliphatic carboxylic acids is 1. The number of carboxylic acid groups (broad SMARTS) is 1. The van der Waals surface area contributed by atoms with Crippen molar-refractivity contribution >= 4 is 17.7 Å². The minimum atomic E-state index is -1.35. The Labute approximate surface area is 242 Å². The average molecular weight is 479 g/mol. The SMILES string of the molecule is Cc1cccc(Cc2cccc([C@H](CC(=O)[O-])NC(=O)Nc3c([O-])ccn(C)c3=O)c2)c1.[Na+].[Na+]. The minimum absolute atomic E-state index is 0. The summed E-state index contributed by atoms with van der Waals surface area (Å²) < 4.78 is 1.16. The molecule has 0 unspecified atom stereocenters. The Bertz CT molecular complexity index is 1210. The Morgan fingerprint density at radius 3 is 2.32 bits per heavy atom. The third-order valence-electron chi connectivity index (χ3n) is 4.99. The van der Waals surface area contributed by atoms with E-state index in [-0.39, 0.29) is 59.1 Å². The van der Waals surface area contributed by atoms with Gasteiger partial charge in [0, 0.05) is 25.6 Å². The van der Waals surface area contributed by atoms with E-state index in [1.165, 1.54) is 13.2 Å². The number of anilines is 1. The molecule has 1 aromatic heterocycles. The molecular weight excluding hydrogens is 456 g/mol. The number of carbonyl (C=O) groups is 2. The molecule has 0 aliphatic rings. The van der Waals surface area contributed by atoms with Crippen molar-refractivity contribution in [1.29, 1.82) is 0 Å². The molecule has 0 bridgehead atoms. The van der Waals surface area contributed by atoms with Crippen molar-refractivity contribution in [2.24, 2.45) is 7.05 Å². The molecule has 1 atom stereocenters. The van der Waals surface area contributed by atoms with E-state index in [0.717, 1.165) is 27.3 Å². The summed E-state index contributed by atoms with van der Waals surface area (Å²) in [6.45, 7) is 2.01. The van der Waals surface area contributed by atoms with Crippen LogP contribution in [0.5, 0.6) is 5.75 Å². The summed E-state index contributed by atoms with van der Waals surface area (Å²) in [7, 11) is 1.45. The Hall–Kier alpha value is -2.07. The van der Waals surface area contributed by atoms with Crippen molar-refractivity contribution in [3.05, 3.63) is 93.4 Å². The van der Waals surface area contributed by atoms with Gasteiger partial charge in [0.2, 0.25) is 0 Å². The second-order valence-electron chi connectivity index (χ2n) is 7.61. The van der Waals surface area contributed by atoms with Gasteiger partial charge in [0.25, 0.3) is 5.56 Å². The minimum Gasteiger partial charge on any atom is -0.871 e. The number of urea groups is 1. The molecule has 0 aliphatic carbocycles. The van der Waals surface area contributed by atoms with Gasteiger partial charge in [-0.3, -0.25) is 4.79 Å². The van der Waals surface area contributed by atoms with Gasteiger partial charge < -0.3 is 30.2 Å². The predicted molar refractivity (Wildman–Crippen MR) is 116 cm³/mol. The van der Waals surface area contributed by atoms with Crippen LogP contribution in [0.1, 0.15) is 34.7 Å². The Kier molecular flexibility index (Phi) is 12.1. The van der Waals surface area contributed by atoms with Crippen LogP contribution in [-0.4, -0.2) is 16.6 Å². The van der Waals surface area contributed by atoms with E-state index in [4.69, 9.17) is 0 Å². The van der Waals surface area contributed by atoms with Gasteiger partial charge in [-0.25, -0.2) is 4.79 Å².